The Hall–Kier alpha value is -2.96. The molecule has 1 fully saturated rings. The van der Waals surface area contributed by atoms with Crippen LogP contribution in [0.1, 0.15) is 77.0 Å². The second-order valence-corrected chi connectivity index (χ2v) is 9.31. The van der Waals surface area contributed by atoms with Crippen LogP contribution in [-0.2, 0) is 19.5 Å². The number of fused-ring (bicyclic) bond motifs is 1. The number of rotatable bonds is 4. The Kier molecular flexibility index (Phi) is 5.81. The number of aryl methyl sites for hydroxylation is 3. The summed E-state index contributed by atoms with van der Waals surface area (Å²) in [6.07, 6.45) is 6.73. The van der Waals surface area contributed by atoms with Gasteiger partial charge >= 0.3 is 0 Å². The molecule has 1 atom stereocenters. The lowest BCUT2D eigenvalue weighted by atomic mass is 9.96. The van der Waals surface area contributed by atoms with Gasteiger partial charge in [-0.05, 0) is 63.3 Å². The highest BCUT2D eigenvalue weighted by Crippen LogP contribution is 2.29. The second kappa shape index (κ2) is 8.88. The van der Waals surface area contributed by atoms with Crippen molar-refractivity contribution in [3.05, 3.63) is 64.5 Å². The van der Waals surface area contributed by atoms with Crippen LogP contribution < -0.4 is 0 Å². The average molecular weight is 433 g/mol. The number of likely N-dealkylation sites (tertiary alicyclic amines) is 1. The maximum atomic E-state index is 13.4. The predicted molar refractivity (Wildman–Crippen MR) is 123 cm³/mol. The predicted octanol–water partition coefficient (Wildman–Crippen LogP) is 3.89. The molecule has 0 spiro atoms. The standard InChI is InChI=1S/C25H32N6O/c1-18-14-19(2)31(28-18)16-20-8-6-9-21(15-20)25(32)29-12-7-10-22(17-29)24-27-26-23-11-4-3-5-13-30(23)24/h6,8-9,14-15,22H,3-5,7,10-13,16-17H2,1-2H3. The highest BCUT2D eigenvalue weighted by atomic mass is 16.2. The number of amides is 1. The van der Waals surface area contributed by atoms with Gasteiger partial charge in [0.05, 0.1) is 12.2 Å². The van der Waals surface area contributed by atoms with Crippen molar-refractivity contribution in [2.45, 2.75) is 71.4 Å². The molecule has 0 aliphatic carbocycles. The highest BCUT2D eigenvalue weighted by molar-refractivity contribution is 5.94. The van der Waals surface area contributed by atoms with Crippen molar-refractivity contribution >= 4 is 5.91 Å². The van der Waals surface area contributed by atoms with Crippen LogP contribution in [0, 0.1) is 13.8 Å². The quantitative estimate of drug-likeness (QED) is 0.627. The molecule has 0 N–H and O–H groups in total. The van der Waals surface area contributed by atoms with Gasteiger partial charge in [-0.3, -0.25) is 9.48 Å². The number of aromatic nitrogens is 5. The fourth-order valence-corrected chi connectivity index (χ4v) is 5.18. The third kappa shape index (κ3) is 4.20. The molecule has 32 heavy (non-hydrogen) atoms. The van der Waals surface area contributed by atoms with Crippen molar-refractivity contribution in [2.75, 3.05) is 13.1 Å². The molecule has 1 amide bonds. The lowest BCUT2D eigenvalue weighted by Crippen LogP contribution is -2.39. The van der Waals surface area contributed by atoms with Crippen LogP contribution in [0.15, 0.2) is 30.3 Å². The molecule has 168 valence electrons. The van der Waals surface area contributed by atoms with Crippen LogP contribution in [0.3, 0.4) is 0 Å². The Bertz CT molecular complexity index is 1110. The molecule has 1 aromatic carbocycles. The van der Waals surface area contributed by atoms with Gasteiger partial charge in [0.15, 0.2) is 0 Å². The molecular formula is C25H32N6O. The monoisotopic (exact) mass is 432 g/mol. The van der Waals surface area contributed by atoms with Crippen molar-refractivity contribution < 1.29 is 4.79 Å². The first kappa shape index (κ1) is 20.9. The van der Waals surface area contributed by atoms with Crippen LogP contribution in [-0.4, -0.2) is 48.4 Å². The SMILES string of the molecule is Cc1cc(C)n(Cc2cccc(C(=O)N3CCCC(c4nnc5n4CCCCC5)C3)c2)n1. The Morgan fingerprint density at radius 3 is 2.81 bits per heavy atom. The van der Waals surface area contributed by atoms with E-state index in [4.69, 9.17) is 0 Å². The minimum atomic E-state index is 0.112. The lowest BCUT2D eigenvalue weighted by Gasteiger charge is -2.32. The van der Waals surface area contributed by atoms with Gasteiger partial charge in [-0.15, -0.1) is 10.2 Å². The van der Waals surface area contributed by atoms with Crippen LogP contribution in [0.4, 0.5) is 0 Å². The molecule has 2 aromatic heterocycles. The first-order chi connectivity index (χ1) is 15.6. The van der Waals surface area contributed by atoms with E-state index in [2.05, 4.69) is 38.9 Å². The number of benzene rings is 1. The number of hydrogen-bond acceptors (Lipinski definition) is 4. The van der Waals surface area contributed by atoms with Crippen molar-refractivity contribution in [1.82, 2.24) is 29.4 Å². The van der Waals surface area contributed by atoms with E-state index < -0.39 is 0 Å². The summed E-state index contributed by atoms with van der Waals surface area (Å²) in [4.78, 5) is 15.4. The van der Waals surface area contributed by atoms with Crippen molar-refractivity contribution in [2.24, 2.45) is 0 Å². The van der Waals surface area contributed by atoms with E-state index >= 15 is 0 Å². The molecule has 0 saturated carbocycles. The summed E-state index contributed by atoms with van der Waals surface area (Å²) in [5.74, 6) is 2.58. The maximum absolute atomic E-state index is 13.4. The fourth-order valence-electron chi connectivity index (χ4n) is 5.18. The molecule has 1 unspecified atom stereocenters. The summed E-state index contributed by atoms with van der Waals surface area (Å²) < 4.78 is 4.33. The van der Waals surface area contributed by atoms with Gasteiger partial charge in [0.1, 0.15) is 11.6 Å². The zero-order valence-corrected chi connectivity index (χ0v) is 19.1. The van der Waals surface area contributed by atoms with Gasteiger partial charge in [-0.25, -0.2) is 0 Å². The topological polar surface area (TPSA) is 68.8 Å². The van der Waals surface area contributed by atoms with Crippen LogP contribution >= 0.6 is 0 Å². The number of carbonyl (C=O) groups is 1. The normalized spacial score (nSPS) is 18.9. The summed E-state index contributed by atoms with van der Waals surface area (Å²) in [6, 6.07) is 10.1. The van der Waals surface area contributed by atoms with E-state index in [0.717, 1.165) is 73.1 Å². The lowest BCUT2D eigenvalue weighted by molar-refractivity contribution is 0.0703. The Morgan fingerprint density at radius 2 is 1.97 bits per heavy atom. The molecule has 0 bridgehead atoms. The summed E-state index contributed by atoms with van der Waals surface area (Å²) in [6.45, 7) is 7.28. The number of nitrogens with zero attached hydrogens (tertiary/aromatic N) is 6. The van der Waals surface area contributed by atoms with Crippen LogP contribution in [0.2, 0.25) is 0 Å². The Labute approximate surface area is 189 Å². The van der Waals surface area contributed by atoms with E-state index in [9.17, 15) is 4.79 Å². The number of piperidine rings is 1. The first-order valence-electron chi connectivity index (χ1n) is 11.9. The molecule has 7 nitrogen and oxygen atoms in total. The third-order valence-electron chi connectivity index (χ3n) is 6.82. The van der Waals surface area contributed by atoms with Gasteiger partial charge in [0.2, 0.25) is 0 Å². The first-order valence-corrected chi connectivity index (χ1v) is 11.9. The fraction of sp³-hybridized carbons (Fsp3) is 0.520. The van der Waals surface area contributed by atoms with E-state index in [0.29, 0.717) is 6.54 Å². The molecule has 2 aliphatic rings. The largest absolute Gasteiger partial charge is 0.338 e. The summed E-state index contributed by atoms with van der Waals surface area (Å²) in [5, 5.41) is 13.6. The van der Waals surface area contributed by atoms with E-state index in [1.165, 1.54) is 19.3 Å². The summed E-state index contributed by atoms with van der Waals surface area (Å²) in [7, 11) is 0. The minimum Gasteiger partial charge on any atom is -0.338 e. The van der Waals surface area contributed by atoms with Crippen molar-refractivity contribution in [3.63, 3.8) is 0 Å². The third-order valence-corrected chi connectivity index (χ3v) is 6.82. The van der Waals surface area contributed by atoms with Gasteiger partial charge < -0.3 is 9.47 Å². The number of carbonyl (C=O) groups excluding carboxylic acids is 1. The summed E-state index contributed by atoms with van der Waals surface area (Å²) in [5.41, 5.74) is 3.99. The summed E-state index contributed by atoms with van der Waals surface area (Å²) >= 11 is 0. The molecule has 7 heteroatoms. The van der Waals surface area contributed by atoms with Gasteiger partial charge in [0, 0.05) is 43.2 Å². The second-order valence-electron chi connectivity index (χ2n) is 9.31. The molecule has 0 radical (unpaired) electrons. The zero-order valence-electron chi connectivity index (χ0n) is 19.1. The minimum absolute atomic E-state index is 0.112. The highest BCUT2D eigenvalue weighted by Gasteiger charge is 2.30. The average Bonchev–Trinajstić information content (AvgIpc) is 3.25. The maximum Gasteiger partial charge on any atom is 0.253 e. The van der Waals surface area contributed by atoms with Crippen LogP contribution in [0.25, 0.3) is 0 Å². The van der Waals surface area contributed by atoms with E-state index in [1.54, 1.807) is 0 Å². The van der Waals surface area contributed by atoms with Gasteiger partial charge in [-0.2, -0.15) is 5.10 Å². The molecule has 5 rings (SSSR count). The van der Waals surface area contributed by atoms with Crippen molar-refractivity contribution in [1.29, 1.82) is 0 Å². The molecule has 4 heterocycles. The number of hydrogen-bond donors (Lipinski definition) is 0. The van der Waals surface area contributed by atoms with Crippen LogP contribution in [0.5, 0.6) is 0 Å². The van der Waals surface area contributed by atoms with Crippen molar-refractivity contribution in [3.8, 4) is 0 Å². The Balaban J connectivity index is 1.32. The van der Waals surface area contributed by atoms with Gasteiger partial charge in [0.25, 0.3) is 5.91 Å². The smallest absolute Gasteiger partial charge is 0.253 e. The van der Waals surface area contributed by atoms with Gasteiger partial charge in [-0.1, -0.05) is 18.6 Å². The molecule has 3 aromatic rings. The molecular weight excluding hydrogens is 400 g/mol. The Morgan fingerprint density at radius 1 is 1.06 bits per heavy atom. The zero-order chi connectivity index (χ0) is 22.1. The van der Waals surface area contributed by atoms with E-state index in [1.807, 2.05) is 34.7 Å². The van der Waals surface area contributed by atoms with E-state index in [-0.39, 0.29) is 11.8 Å². The molecule has 1 saturated heterocycles. The molecule has 2 aliphatic heterocycles.